The highest BCUT2D eigenvalue weighted by Gasteiger charge is 2.14. The molecule has 0 spiro atoms. The van der Waals surface area contributed by atoms with Gasteiger partial charge in [-0.15, -0.1) is 10.2 Å². The number of aromatic nitrogens is 4. The summed E-state index contributed by atoms with van der Waals surface area (Å²) < 4.78 is 0. The third-order valence-corrected chi connectivity index (χ3v) is 5.51. The van der Waals surface area contributed by atoms with E-state index in [-0.39, 0.29) is 6.04 Å². The van der Waals surface area contributed by atoms with Gasteiger partial charge in [-0.05, 0) is 36.1 Å². The first kappa shape index (κ1) is 18.5. The lowest BCUT2D eigenvalue weighted by Crippen LogP contribution is -2.30. The fourth-order valence-corrected chi connectivity index (χ4v) is 3.92. The number of benzene rings is 1. The van der Waals surface area contributed by atoms with Gasteiger partial charge in [0.05, 0.1) is 5.52 Å². The predicted octanol–water partition coefficient (Wildman–Crippen LogP) is 3.69. The van der Waals surface area contributed by atoms with Crippen LogP contribution in [0.3, 0.4) is 0 Å². The van der Waals surface area contributed by atoms with Crippen LogP contribution in [-0.2, 0) is 12.8 Å². The number of pyridine rings is 2. The first-order valence-corrected chi connectivity index (χ1v) is 10.2. The van der Waals surface area contributed by atoms with Crippen molar-refractivity contribution in [3.05, 3.63) is 66.0 Å². The van der Waals surface area contributed by atoms with Crippen LogP contribution in [0.1, 0.15) is 18.1 Å². The molecule has 0 aliphatic rings. The number of nitrogens with zero attached hydrogens (tertiary/aromatic N) is 4. The van der Waals surface area contributed by atoms with E-state index < -0.39 is 0 Å². The smallest absolute Gasteiger partial charge is 0.206 e. The van der Waals surface area contributed by atoms with Crippen molar-refractivity contribution in [3.63, 3.8) is 0 Å². The summed E-state index contributed by atoms with van der Waals surface area (Å²) in [5.41, 5.74) is 10.1. The molecular formula is C21H22N6S. The zero-order chi connectivity index (χ0) is 19.3. The average molecular weight is 391 g/mol. The van der Waals surface area contributed by atoms with Crippen LogP contribution in [0.4, 0.5) is 5.13 Å². The number of rotatable bonds is 7. The van der Waals surface area contributed by atoms with Crippen molar-refractivity contribution in [2.75, 3.05) is 11.9 Å². The molecule has 6 nitrogen and oxygen atoms in total. The Morgan fingerprint density at radius 2 is 1.93 bits per heavy atom. The summed E-state index contributed by atoms with van der Waals surface area (Å²) in [6.45, 7) is 2.63. The monoisotopic (exact) mass is 390 g/mol. The molecule has 0 bridgehead atoms. The van der Waals surface area contributed by atoms with E-state index in [1.54, 1.807) is 0 Å². The molecule has 3 N–H and O–H groups in total. The summed E-state index contributed by atoms with van der Waals surface area (Å²) in [6, 6.07) is 14.4. The molecule has 0 amide bonds. The van der Waals surface area contributed by atoms with Gasteiger partial charge in [-0.2, -0.15) is 0 Å². The Labute approximate surface area is 167 Å². The van der Waals surface area contributed by atoms with Gasteiger partial charge in [-0.1, -0.05) is 48.6 Å². The molecule has 0 saturated heterocycles. The molecule has 7 heteroatoms. The minimum absolute atomic E-state index is 0.102. The lowest BCUT2D eigenvalue weighted by Gasteiger charge is -2.15. The van der Waals surface area contributed by atoms with E-state index in [1.165, 1.54) is 16.9 Å². The lowest BCUT2D eigenvalue weighted by atomic mass is 10.1. The summed E-state index contributed by atoms with van der Waals surface area (Å²) in [7, 11) is 0. The topological polar surface area (TPSA) is 89.6 Å². The van der Waals surface area contributed by atoms with Crippen molar-refractivity contribution in [2.24, 2.45) is 5.73 Å². The second kappa shape index (κ2) is 8.41. The Kier molecular flexibility index (Phi) is 5.55. The molecule has 142 valence electrons. The quantitative estimate of drug-likeness (QED) is 0.500. The van der Waals surface area contributed by atoms with Crippen LogP contribution >= 0.6 is 11.3 Å². The maximum atomic E-state index is 5.96. The molecule has 28 heavy (non-hydrogen) atoms. The summed E-state index contributed by atoms with van der Waals surface area (Å²) in [5.74, 6) is 0. The Hall–Kier alpha value is -2.90. The zero-order valence-corrected chi connectivity index (χ0v) is 16.5. The van der Waals surface area contributed by atoms with Crippen molar-refractivity contribution in [1.82, 2.24) is 20.2 Å². The average Bonchev–Trinajstić information content (AvgIpc) is 3.21. The molecule has 0 saturated carbocycles. The Balaban J connectivity index is 1.54. The third-order valence-electron chi connectivity index (χ3n) is 4.64. The van der Waals surface area contributed by atoms with Crippen molar-refractivity contribution < 1.29 is 0 Å². The summed E-state index contributed by atoms with van der Waals surface area (Å²) in [6.07, 6.45) is 5.45. The second-order valence-electron chi connectivity index (χ2n) is 6.60. The largest absolute Gasteiger partial charge is 0.356 e. The van der Waals surface area contributed by atoms with Gasteiger partial charge in [-0.3, -0.25) is 4.98 Å². The molecule has 0 unspecified atom stereocenters. The van der Waals surface area contributed by atoms with E-state index in [0.717, 1.165) is 45.1 Å². The van der Waals surface area contributed by atoms with E-state index in [2.05, 4.69) is 39.6 Å². The standard InChI is InChI=1S/C21H22N6S/c1-2-15-12-23-13-16-8-9-18(25-19(15)16)20-26-27-21(28-20)24-17(11-22)10-14-6-4-3-5-7-14/h3-9,12-13,17H,2,10-11,22H2,1H3,(H,24,27)/t17-/m1/s1. The van der Waals surface area contributed by atoms with Crippen LogP contribution in [0, 0.1) is 0 Å². The van der Waals surface area contributed by atoms with E-state index in [4.69, 9.17) is 10.7 Å². The number of hydrogen-bond donors (Lipinski definition) is 2. The molecule has 0 aliphatic heterocycles. The van der Waals surface area contributed by atoms with Crippen LogP contribution in [-0.4, -0.2) is 32.8 Å². The maximum Gasteiger partial charge on any atom is 0.206 e. The normalized spacial score (nSPS) is 12.2. The fraction of sp³-hybridized carbons (Fsp3) is 0.238. The molecule has 0 fully saturated rings. The van der Waals surface area contributed by atoms with Gasteiger partial charge in [0.25, 0.3) is 0 Å². The summed E-state index contributed by atoms with van der Waals surface area (Å²) in [4.78, 5) is 9.09. The first-order chi connectivity index (χ1) is 13.8. The van der Waals surface area contributed by atoms with Gasteiger partial charge in [0.15, 0.2) is 5.01 Å². The molecule has 3 aromatic heterocycles. The van der Waals surface area contributed by atoms with Crippen LogP contribution < -0.4 is 11.1 Å². The van der Waals surface area contributed by atoms with Crippen LogP contribution in [0.2, 0.25) is 0 Å². The number of anilines is 1. The summed E-state index contributed by atoms with van der Waals surface area (Å²) in [5, 5.41) is 14.6. The fourth-order valence-electron chi connectivity index (χ4n) is 3.13. The Morgan fingerprint density at radius 1 is 1.07 bits per heavy atom. The molecule has 4 aromatic rings. The van der Waals surface area contributed by atoms with Crippen LogP contribution in [0.25, 0.3) is 21.6 Å². The van der Waals surface area contributed by atoms with Crippen LogP contribution in [0.15, 0.2) is 54.9 Å². The van der Waals surface area contributed by atoms with Crippen molar-refractivity contribution in [2.45, 2.75) is 25.8 Å². The molecule has 3 heterocycles. The van der Waals surface area contributed by atoms with E-state index in [9.17, 15) is 0 Å². The molecule has 1 atom stereocenters. The van der Waals surface area contributed by atoms with Crippen molar-refractivity contribution >= 4 is 27.4 Å². The predicted molar refractivity (Wildman–Crippen MR) is 114 cm³/mol. The van der Waals surface area contributed by atoms with Gasteiger partial charge in [0.2, 0.25) is 5.13 Å². The first-order valence-electron chi connectivity index (χ1n) is 9.35. The Morgan fingerprint density at radius 3 is 2.71 bits per heavy atom. The molecule has 0 aliphatic carbocycles. The maximum absolute atomic E-state index is 5.96. The third kappa shape index (κ3) is 4.00. The van der Waals surface area contributed by atoms with E-state index in [1.807, 2.05) is 42.7 Å². The molecule has 1 aromatic carbocycles. The van der Waals surface area contributed by atoms with Gasteiger partial charge >= 0.3 is 0 Å². The number of hydrogen-bond acceptors (Lipinski definition) is 7. The van der Waals surface area contributed by atoms with E-state index in [0.29, 0.717) is 6.54 Å². The second-order valence-corrected chi connectivity index (χ2v) is 7.58. The van der Waals surface area contributed by atoms with Crippen molar-refractivity contribution in [3.8, 4) is 10.7 Å². The lowest BCUT2D eigenvalue weighted by molar-refractivity contribution is 0.721. The minimum atomic E-state index is 0.102. The molecule has 4 rings (SSSR count). The van der Waals surface area contributed by atoms with Gasteiger partial charge in [-0.25, -0.2) is 4.98 Å². The summed E-state index contributed by atoms with van der Waals surface area (Å²) >= 11 is 1.50. The SMILES string of the molecule is CCc1cncc2ccc(-c3nnc(N[C@@H](CN)Cc4ccccc4)s3)nc12. The molecular weight excluding hydrogens is 368 g/mol. The Bertz CT molecular complexity index is 1060. The highest BCUT2D eigenvalue weighted by Crippen LogP contribution is 2.28. The van der Waals surface area contributed by atoms with Gasteiger partial charge in [0, 0.05) is 30.4 Å². The number of nitrogens with two attached hydrogens (primary N) is 1. The highest BCUT2D eigenvalue weighted by molar-refractivity contribution is 7.18. The van der Waals surface area contributed by atoms with Gasteiger partial charge < -0.3 is 11.1 Å². The highest BCUT2D eigenvalue weighted by atomic mass is 32.1. The number of nitrogens with one attached hydrogen (secondary N) is 1. The van der Waals surface area contributed by atoms with Crippen molar-refractivity contribution in [1.29, 1.82) is 0 Å². The van der Waals surface area contributed by atoms with Crippen LogP contribution in [0.5, 0.6) is 0 Å². The minimum Gasteiger partial charge on any atom is -0.356 e. The zero-order valence-electron chi connectivity index (χ0n) is 15.7. The van der Waals surface area contributed by atoms with E-state index >= 15 is 0 Å². The number of fused-ring (bicyclic) bond motifs is 1. The molecule has 0 radical (unpaired) electrons. The number of aryl methyl sites for hydroxylation is 1. The van der Waals surface area contributed by atoms with Gasteiger partial charge in [0.1, 0.15) is 5.69 Å².